The molecule has 1 aromatic rings. The summed E-state index contributed by atoms with van der Waals surface area (Å²) in [6.45, 7) is 8.63. The molecule has 0 aliphatic carbocycles. The van der Waals surface area contributed by atoms with Crippen LogP contribution in [0.5, 0.6) is 5.75 Å². The van der Waals surface area contributed by atoms with Crippen molar-refractivity contribution in [3.8, 4) is 5.75 Å². The molecule has 128 valence electrons. The van der Waals surface area contributed by atoms with Gasteiger partial charge in [0.1, 0.15) is 11.3 Å². The number of rotatable bonds is 7. The zero-order valence-corrected chi connectivity index (χ0v) is 14.6. The molecule has 1 aromatic carbocycles. The Morgan fingerprint density at radius 2 is 2.22 bits per heavy atom. The maximum Gasteiger partial charge on any atom is 0.339 e. The molecule has 0 spiro atoms. The molecule has 2 rings (SSSR count). The van der Waals surface area contributed by atoms with E-state index in [1.54, 1.807) is 12.1 Å². The number of hydrogen-bond acceptors (Lipinski definition) is 4. The van der Waals surface area contributed by atoms with Crippen molar-refractivity contribution in [3.63, 3.8) is 0 Å². The fourth-order valence-electron chi connectivity index (χ4n) is 3.32. The highest BCUT2D eigenvalue weighted by Crippen LogP contribution is 2.22. The molecule has 5 heteroatoms. The number of ether oxygens (including phenoxy) is 1. The van der Waals surface area contributed by atoms with Gasteiger partial charge in [-0.05, 0) is 57.5 Å². The molecule has 1 aliphatic rings. The van der Waals surface area contributed by atoms with Gasteiger partial charge in [-0.15, -0.1) is 0 Å². The van der Waals surface area contributed by atoms with Gasteiger partial charge < -0.3 is 19.6 Å². The first-order chi connectivity index (χ1) is 10.9. The van der Waals surface area contributed by atoms with Crippen LogP contribution in [-0.2, 0) is 6.54 Å². The van der Waals surface area contributed by atoms with Gasteiger partial charge in [0.2, 0.25) is 0 Å². The second kappa shape index (κ2) is 7.79. The Bertz CT molecular complexity index is 545. The molecule has 1 heterocycles. The lowest BCUT2D eigenvalue weighted by molar-refractivity contribution is 0.0693. The van der Waals surface area contributed by atoms with E-state index >= 15 is 0 Å². The summed E-state index contributed by atoms with van der Waals surface area (Å²) < 4.78 is 5.11. The summed E-state index contributed by atoms with van der Waals surface area (Å²) in [4.78, 5) is 16.1. The van der Waals surface area contributed by atoms with Crippen LogP contribution in [0.1, 0.15) is 36.2 Å². The summed E-state index contributed by atoms with van der Waals surface area (Å²) in [7, 11) is 3.59. The fraction of sp³-hybridized carbons (Fsp3) is 0.611. The van der Waals surface area contributed by atoms with E-state index in [0.29, 0.717) is 17.7 Å². The van der Waals surface area contributed by atoms with Gasteiger partial charge in [-0.25, -0.2) is 4.79 Å². The molecular weight excluding hydrogens is 292 g/mol. The molecular formula is C18H28N2O3. The highest BCUT2D eigenvalue weighted by atomic mass is 16.5. The summed E-state index contributed by atoms with van der Waals surface area (Å²) in [5.74, 6) is 0.154. The van der Waals surface area contributed by atoms with Crippen LogP contribution in [0.3, 0.4) is 0 Å². The van der Waals surface area contributed by atoms with Crippen LogP contribution >= 0.6 is 0 Å². The molecule has 5 nitrogen and oxygen atoms in total. The normalized spacial score (nSPS) is 18.8. The molecule has 0 radical (unpaired) electrons. The van der Waals surface area contributed by atoms with E-state index in [-0.39, 0.29) is 5.56 Å². The minimum Gasteiger partial charge on any atom is -0.496 e. The van der Waals surface area contributed by atoms with Crippen LogP contribution in [0, 0.1) is 5.92 Å². The minimum atomic E-state index is -0.949. The van der Waals surface area contributed by atoms with Gasteiger partial charge in [-0.1, -0.05) is 6.07 Å². The molecule has 0 aromatic heterocycles. The maximum absolute atomic E-state index is 11.3. The third-order valence-corrected chi connectivity index (χ3v) is 4.56. The number of hydrogen-bond donors (Lipinski definition) is 1. The average molecular weight is 320 g/mol. The summed E-state index contributed by atoms with van der Waals surface area (Å²) in [6, 6.07) is 6.01. The number of benzene rings is 1. The summed E-state index contributed by atoms with van der Waals surface area (Å²) >= 11 is 0. The molecule has 1 N–H and O–H groups in total. The number of carbonyl (C=O) groups is 1. The van der Waals surface area contributed by atoms with Gasteiger partial charge in [-0.2, -0.15) is 0 Å². The second-order valence-electron chi connectivity index (χ2n) is 6.78. The van der Waals surface area contributed by atoms with E-state index in [0.717, 1.165) is 25.2 Å². The fourth-order valence-corrected chi connectivity index (χ4v) is 3.32. The summed E-state index contributed by atoms with van der Waals surface area (Å²) in [5.41, 5.74) is 1.23. The van der Waals surface area contributed by atoms with Crippen LogP contribution in [0.2, 0.25) is 0 Å². The van der Waals surface area contributed by atoms with Gasteiger partial charge in [0.15, 0.2) is 0 Å². The predicted molar refractivity (Wildman–Crippen MR) is 91.1 cm³/mol. The Morgan fingerprint density at radius 1 is 1.48 bits per heavy atom. The molecule has 0 amide bonds. The Balaban J connectivity index is 1.94. The maximum atomic E-state index is 11.3. The van der Waals surface area contributed by atoms with E-state index in [1.165, 1.54) is 20.1 Å². The van der Waals surface area contributed by atoms with Gasteiger partial charge in [0, 0.05) is 25.7 Å². The van der Waals surface area contributed by atoms with Crippen LogP contribution in [0.4, 0.5) is 0 Å². The number of carboxylic acid groups (broad SMARTS) is 1. The lowest BCUT2D eigenvalue weighted by atomic mass is 10.1. The van der Waals surface area contributed by atoms with Gasteiger partial charge in [-0.3, -0.25) is 0 Å². The number of nitrogens with zero attached hydrogens (tertiary/aromatic N) is 2. The average Bonchev–Trinajstić information content (AvgIpc) is 2.95. The van der Waals surface area contributed by atoms with Crippen LogP contribution < -0.4 is 4.74 Å². The topological polar surface area (TPSA) is 53.0 Å². The molecule has 23 heavy (non-hydrogen) atoms. The van der Waals surface area contributed by atoms with E-state index in [2.05, 4.69) is 30.7 Å². The molecule has 1 atom stereocenters. The van der Waals surface area contributed by atoms with Crippen molar-refractivity contribution in [2.45, 2.75) is 32.9 Å². The van der Waals surface area contributed by atoms with Gasteiger partial charge in [0.25, 0.3) is 0 Å². The monoisotopic (exact) mass is 320 g/mol. The smallest absolute Gasteiger partial charge is 0.339 e. The molecule has 0 bridgehead atoms. The van der Waals surface area contributed by atoms with Crippen molar-refractivity contribution >= 4 is 5.97 Å². The highest BCUT2D eigenvalue weighted by Gasteiger charge is 2.25. The third-order valence-electron chi connectivity index (χ3n) is 4.56. The molecule has 0 unspecified atom stereocenters. The SMILES string of the molecule is COc1ccc(CN(C)C[C@@H]2CCN(C(C)C)C2)cc1C(=O)O. The first-order valence-corrected chi connectivity index (χ1v) is 8.23. The first-order valence-electron chi connectivity index (χ1n) is 8.23. The number of carboxylic acids is 1. The minimum absolute atomic E-state index is 0.227. The lowest BCUT2D eigenvalue weighted by Crippen LogP contribution is -2.31. The Labute approximate surface area is 138 Å². The molecule has 0 saturated carbocycles. The van der Waals surface area contributed by atoms with Crippen LogP contribution in [0.25, 0.3) is 0 Å². The van der Waals surface area contributed by atoms with Crippen molar-refractivity contribution in [1.82, 2.24) is 9.80 Å². The van der Waals surface area contributed by atoms with Crippen molar-refractivity contribution in [3.05, 3.63) is 29.3 Å². The summed E-state index contributed by atoms with van der Waals surface area (Å²) in [5, 5.41) is 9.27. The Morgan fingerprint density at radius 3 is 2.78 bits per heavy atom. The molecule has 1 saturated heterocycles. The van der Waals surface area contributed by atoms with E-state index in [4.69, 9.17) is 4.74 Å². The predicted octanol–water partition coefficient (Wildman–Crippen LogP) is 2.56. The van der Waals surface area contributed by atoms with E-state index in [1.807, 2.05) is 6.07 Å². The van der Waals surface area contributed by atoms with Crippen LogP contribution in [-0.4, -0.2) is 60.7 Å². The Hall–Kier alpha value is -1.59. The first kappa shape index (κ1) is 17.8. The van der Waals surface area contributed by atoms with E-state index < -0.39 is 5.97 Å². The lowest BCUT2D eigenvalue weighted by Gasteiger charge is -2.23. The van der Waals surface area contributed by atoms with E-state index in [9.17, 15) is 9.90 Å². The zero-order valence-electron chi connectivity index (χ0n) is 14.6. The number of methoxy groups -OCH3 is 1. The quantitative estimate of drug-likeness (QED) is 0.837. The zero-order chi connectivity index (χ0) is 17.0. The Kier molecular flexibility index (Phi) is 6.02. The molecule has 1 fully saturated rings. The second-order valence-corrected chi connectivity index (χ2v) is 6.78. The largest absolute Gasteiger partial charge is 0.496 e. The standard InChI is InChI=1S/C18H28N2O3/c1-13(2)20-8-7-15(12-20)11-19(3)10-14-5-6-17(23-4)16(9-14)18(21)22/h5-6,9,13,15H,7-8,10-12H2,1-4H3,(H,21,22)/t15-/m0/s1. The van der Waals surface area contributed by atoms with Crippen molar-refractivity contribution < 1.29 is 14.6 Å². The number of likely N-dealkylation sites (tertiary alicyclic amines) is 1. The van der Waals surface area contributed by atoms with Gasteiger partial charge >= 0.3 is 5.97 Å². The van der Waals surface area contributed by atoms with Crippen molar-refractivity contribution in [2.75, 3.05) is 33.8 Å². The molecule has 1 aliphatic heterocycles. The van der Waals surface area contributed by atoms with Gasteiger partial charge in [0.05, 0.1) is 7.11 Å². The third kappa shape index (κ3) is 4.69. The van der Waals surface area contributed by atoms with Crippen molar-refractivity contribution in [2.24, 2.45) is 5.92 Å². The number of aromatic carboxylic acids is 1. The summed E-state index contributed by atoms with van der Waals surface area (Å²) in [6.07, 6.45) is 1.24. The van der Waals surface area contributed by atoms with Crippen molar-refractivity contribution in [1.29, 1.82) is 0 Å². The van der Waals surface area contributed by atoms with Crippen LogP contribution in [0.15, 0.2) is 18.2 Å². The highest BCUT2D eigenvalue weighted by molar-refractivity contribution is 5.91.